The average molecular weight is 299 g/mol. The molecule has 1 atom stereocenters. The molecule has 0 saturated carbocycles. The number of benzene rings is 2. The molecule has 0 heterocycles. The molecule has 0 bridgehead atoms. The highest BCUT2D eigenvalue weighted by molar-refractivity contribution is 6.30. The summed E-state index contributed by atoms with van der Waals surface area (Å²) in [5, 5.41) is 0.996. The molecule has 0 aliphatic rings. The van der Waals surface area contributed by atoms with E-state index in [0.29, 0.717) is 22.0 Å². The SMILES string of the molecule is NNC(Cc1ccc(Cl)cc1F)c1cccc(Cl)c1. The molecule has 0 fully saturated rings. The standard InChI is InChI=1S/C14H13Cl2FN2/c15-11-3-1-2-10(6-11)14(19-18)7-9-4-5-12(16)8-13(9)17/h1-6,8,14,19H,7,18H2. The summed E-state index contributed by atoms with van der Waals surface area (Å²) in [6, 6.07) is 11.7. The van der Waals surface area contributed by atoms with Gasteiger partial charge in [0.15, 0.2) is 0 Å². The van der Waals surface area contributed by atoms with Crippen molar-refractivity contribution in [3.8, 4) is 0 Å². The van der Waals surface area contributed by atoms with Crippen LogP contribution < -0.4 is 11.3 Å². The van der Waals surface area contributed by atoms with Gasteiger partial charge in [0.05, 0.1) is 6.04 Å². The highest BCUT2D eigenvalue weighted by Gasteiger charge is 2.13. The molecule has 0 saturated heterocycles. The Balaban J connectivity index is 2.24. The van der Waals surface area contributed by atoms with Gasteiger partial charge in [-0.2, -0.15) is 0 Å². The number of hydrogen-bond acceptors (Lipinski definition) is 2. The molecule has 0 radical (unpaired) electrons. The Hall–Kier alpha value is -1.13. The normalized spacial score (nSPS) is 12.4. The third kappa shape index (κ3) is 3.67. The van der Waals surface area contributed by atoms with Gasteiger partial charge in [-0.25, -0.2) is 4.39 Å². The van der Waals surface area contributed by atoms with Crippen LogP contribution in [0.4, 0.5) is 4.39 Å². The Morgan fingerprint density at radius 3 is 2.47 bits per heavy atom. The number of hydrazine groups is 1. The van der Waals surface area contributed by atoms with E-state index in [0.717, 1.165) is 5.56 Å². The third-order valence-corrected chi connectivity index (χ3v) is 3.36. The van der Waals surface area contributed by atoms with E-state index in [9.17, 15) is 4.39 Å². The van der Waals surface area contributed by atoms with Gasteiger partial charge in [-0.05, 0) is 41.8 Å². The molecule has 0 aliphatic heterocycles. The van der Waals surface area contributed by atoms with Crippen molar-refractivity contribution in [3.05, 3.63) is 69.5 Å². The monoisotopic (exact) mass is 298 g/mol. The van der Waals surface area contributed by atoms with Gasteiger partial charge < -0.3 is 0 Å². The average Bonchev–Trinajstić information content (AvgIpc) is 2.38. The molecule has 0 aromatic heterocycles. The van der Waals surface area contributed by atoms with Crippen molar-refractivity contribution in [2.45, 2.75) is 12.5 Å². The number of rotatable bonds is 4. The zero-order chi connectivity index (χ0) is 13.8. The molecule has 2 aromatic rings. The van der Waals surface area contributed by atoms with Crippen molar-refractivity contribution in [3.63, 3.8) is 0 Å². The predicted octanol–water partition coefficient (Wildman–Crippen LogP) is 3.88. The Morgan fingerprint density at radius 1 is 1.11 bits per heavy atom. The molecular formula is C14H13Cl2FN2. The van der Waals surface area contributed by atoms with Crippen LogP contribution in [0.25, 0.3) is 0 Å². The van der Waals surface area contributed by atoms with Gasteiger partial charge >= 0.3 is 0 Å². The second-order valence-corrected chi connectivity index (χ2v) is 5.09. The smallest absolute Gasteiger partial charge is 0.127 e. The first-order chi connectivity index (χ1) is 9.10. The van der Waals surface area contributed by atoms with Crippen LogP contribution in [0.3, 0.4) is 0 Å². The second kappa shape index (κ2) is 6.35. The van der Waals surface area contributed by atoms with E-state index in [1.807, 2.05) is 12.1 Å². The van der Waals surface area contributed by atoms with Crippen LogP contribution in [-0.4, -0.2) is 0 Å². The minimum Gasteiger partial charge on any atom is -0.271 e. The molecular weight excluding hydrogens is 286 g/mol. The maximum Gasteiger partial charge on any atom is 0.127 e. The number of nitrogens with two attached hydrogens (primary N) is 1. The van der Waals surface area contributed by atoms with Crippen LogP contribution in [0.15, 0.2) is 42.5 Å². The maximum atomic E-state index is 13.8. The van der Waals surface area contributed by atoms with Gasteiger partial charge in [-0.1, -0.05) is 41.4 Å². The van der Waals surface area contributed by atoms with Crippen LogP contribution in [0.5, 0.6) is 0 Å². The van der Waals surface area contributed by atoms with Crippen LogP contribution >= 0.6 is 23.2 Å². The molecule has 1 unspecified atom stereocenters. The van der Waals surface area contributed by atoms with Crippen molar-refractivity contribution in [2.75, 3.05) is 0 Å². The predicted molar refractivity (Wildman–Crippen MR) is 76.6 cm³/mol. The Kier molecular flexibility index (Phi) is 4.77. The summed E-state index contributed by atoms with van der Waals surface area (Å²) in [6.07, 6.45) is 0.417. The lowest BCUT2D eigenvalue weighted by Gasteiger charge is -2.17. The third-order valence-electron chi connectivity index (χ3n) is 2.89. The number of nitrogens with one attached hydrogen (secondary N) is 1. The second-order valence-electron chi connectivity index (χ2n) is 4.21. The summed E-state index contributed by atoms with van der Waals surface area (Å²) in [5.41, 5.74) is 4.13. The van der Waals surface area contributed by atoms with Gasteiger partial charge in [0, 0.05) is 10.0 Å². The van der Waals surface area contributed by atoms with Crippen molar-refractivity contribution in [1.82, 2.24) is 5.43 Å². The topological polar surface area (TPSA) is 38.0 Å². The highest BCUT2D eigenvalue weighted by Crippen LogP contribution is 2.23. The summed E-state index contributed by atoms with van der Waals surface area (Å²) in [6.45, 7) is 0. The van der Waals surface area contributed by atoms with Gasteiger partial charge in [0.25, 0.3) is 0 Å². The van der Waals surface area contributed by atoms with E-state index < -0.39 is 0 Å². The fraction of sp³-hybridized carbons (Fsp3) is 0.143. The molecule has 2 nitrogen and oxygen atoms in total. The zero-order valence-corrected chi connectivity index (χ0v) is 11.5. The van der Waals surface area contributed by atoms with E-state index in [2.05, 4.69) is 5.43 Å². The molecule has 0 amide bonds. The van der Waals surface area contributed by atoms with Gasteiger partial charge in [-0.15, -0.1) is 0 Å². The Labute approximate surface area is 121 Å². The summed E-state index contributed by atoms with van der Waals surface area (Å²) in [4.78, 5) is 0. The maximum absolute atomic E-state index is 13.8. The van der Waals surface area contributed by atoms with E-state index in [1.165, 1.54) is 6.07 Å². The first-order valence-corrected chi connectivity index (χ1v) is 6.51. The largest absolute Gasteiger partial charge is 0.271 e. The molecule has 0 spiro atoms. The highest BCUT2D eigenvalue weighted by atomic mass is 35.5. The van der Waals surface area contributed by atoms with Crippen molar-refractivity contribution >= 4 is 23.2 Å². The molecule has 0 aliphatic carbocycles. The van der Waals surface area contributed by atoms with E-state index in [1.54, 1.807) is 24.3 Å². The lowest BCUT2D eigenvalue weighted by molar-refractivity contribution is 0.529. The quantitative estimate of drug-likeness (QED) is 0.664. The molecule has 2 rings (SSSR count). The van der Waals surface area contributed by atoms with Gasteiger partial charge in [0.1, 0.15) is 5.82 Å². The molecule has 100 valence electrons. The molecule has 2 aromatic carbocycles. The summed E-state index contributed by atoms with van der Waals surface area (Å²) in [7, 11) is 0. The summed E-state index contributed by atoms with van der Waals surface area (Å²) >= 11 is 11.7. The van der Waals surface area contributed by atoms with Gasteiger partial charge in [0.2, 0.25) is 0 Å². The fourth-order valence-electron chi connectivity index (χ4n) is 1.90. The van der Waals surface area contributed by atoms with Crippen LogP contribution in [0.1, 0.15) is 17.2 Å². The van der Waals surface area contributed by atoms with Crippen molar-refractivity contribution < 1.29 is 4.39 Å². The number of hydrogen-bond donors (Lipinski definition) is 2. The first-order valence-electron chi connectivity index (χ1n) is 5.75. The summed E-state index contributed by atoms with van der Waals surface area (Å²) in [5.74, 6) is 5.20. The number of halogens is 3. The van der Waals surface area contributed by atoms with Crippen LogP contribution in [0.2, 0.25) is 10.0 Å². The van der Waals surface area contributed by atoms with Crippen LogP contribution in [0, 0.1) is 5.82 Å². The zero-order valence-electron chi connectivity index (χ0n) is 10.0. The minimum atomic E-state index is -0.338. The van der Waals surface area contributed by atoms with E-state index in [-0.39, 0.29) is 11.9 Å². The first kappa shape index (κ1) is 14.3. The summed E-state index contributed by atoms with van der Waals surface area (Å²) < 4.78 is 13.8. The molecule has 19 heavy (non-hydrogen) atoms. The van der Waals surface area contributed by atoms with Crippen LogP contribution in [-0.2, 0) is 6.42 Å². The van der Waals surface area contributed by atoms with E-state index >= 15 is 0 Å². The fourth-order valence-corrected chi connectivity index (χ4v) is 2.26. The van der Waals surface area contributed by atoms with Gasteiger partial charge in [-0.3, -0.25) is 11.3 Å². The lowest BCUT2D eigenvalue weighted by Crippen LogP contribution is -2.29. The molecule has 3 N–H and O–H groups in total. The Bertz CT molecular complexity index is 575. The molecule has 5 heteroatoms. The lowest BCUT2D eigenvalue weighted by atomic mass is 9.99. The Morgan fingerprint density at radius 2 is 1.84 bits per heavy atom. The van der Waals surface area contributed by atoms with E-state index in [4.69, 9.17) is 29.0 Å². The van der Waals surface area contributed by atoms with Crippen molar-refractivity contribution in [1.29, 1.82) is 0 Å². The van der Waals surface area contributed by atoms with Crippen molar-refractivity contribution in [2.24, 2.45) is 5.84 Å². The minimum absolute atomic E-state index is 0.214.